The average Bonchev–Trinajstić information content (AvgIpc) is 3.38. The molecule has 2 heterocycles. The Hall–Kier alpha value is -4.55. The summed E-state index contributed by atoms with van der Waals surface area (Å²) in [5.74, 6) is -0.528. The molecular formula is C24H15N3O5S. The van der Waals surface area contributed by atoms with Crippen LogP contribution in [0.3, 0.4) is 0 Å². The van der Waals surface area contributed by atoms with Gasteiger partial charge in [0.1, 0.15) is 17.4 Å². The summed E-state index contributed by atoms with van der Waals surface area (Å²) < 4.78 is 39.5. The van der Waals surface area contributed by atoms with Crippen molar-refractivity contribution in [2.75, 3.05) is 4.72 Å². The van der Waals surface area contributed by atoms with Crippen LogP contribution in [0.15, 0.2) is 97.4 Å². The van der Waals surface area contributed by atoms with Crippen molar-refractivity contribution in [3.05, 3.63) is 95.0 Å². The molecule has 162 valence electrons. The zero-order valence-electron chi connectivity index (χ0n) is 16.9. The zero-order valence-corrected chi connectivity index (χ0v) is 17.7. The molecule has 0 aliphatic heterocycles. The molecule has 0 atom stereocenters. The van der Waals surface area contributed by atoms with Crippen molar-refractivity contribution in [1.82, 2.24) is 4.98 Å². The third-order valence-electron chi connectivity index (χ3n) is 5.05. The Bertz CT molecular complexity index is 1680. The van der Waals surface area contributed by atoms with E-state index in [-0.39, 0.29) is 21.9 Å². The zero-order chi connectivity index (χ0) is 23.0. The van der Waals surface area contributed by atoms with E-state index < -0.39 is 15.8 Å². The van der Waals surface area contributed by atoms with E-state index in [0.29, 0.717) is 28.0 Å². The van der Waals surface area contributed by atoms with E-state index in [1.807, 2.05) is 60.7 Å². The number of sulfonamides is 1. The maximum absolute atomic E-state index is 13.1. The minimum Gasteiger partial charge on any atom is -0.438 e. The molecule has 0 fully saturated rings. The predicted octanol–water partition coefficient (Wildman–Crippen LogP) is 4.72. The predicted molar refractivity (Wildman–Crippen MR) is 122 cm³/mol. The molecule has 2 N–H and O–H groups in total. The number of furan rings is 1. The van der Waals surface area contributed by atoms with Gasteiger partial charge in [-0.3, -0.25) is 4.98 Å². The highest BCUT2D eigenvalue weighted by Crippen LogP contribution is 2.41. The number of oxazole rings is 1. The fourth-order valence-corrected chi connectivity index (χ4v) is 4.57. The summed E-state index contributed by atoms with van der Waals surface area (Å²) in [6.07, 6.45) is 0. The second-order valence-electron chi connectivity index (χ2n) is 7.13. The minimum absolute atomic E-state index is 0.0536. The van der Waals surface area contributed by atoms with Crippen LogP contribution < -0.4 is 10.5 Å². The van der Waals surface area contributed by atoms with E-state index in [1.165, 1.54) is 18.2 Å². The molecule has 0 aliphatic carbocycles. The van der Waals surface area contributed by atoms with Crippen molar-refractivity contribution in [1.29, 1.82) is 5.26 Å². The number of anilines is 1. The third kappa shape index (κ3) is 3.69. The van der Waals surface area contributed by atoms with Gasteiger partial charge in [-0.15, -0.1) is 0 Å². The van der Waals surface area contributed by atoms with E-state index in [4.69, 9.17) is 8.83 Å². The van der Waals surface area contributed by atoms with Crippen LogP contribution in [0, 0.1) is 11.3 Å². The van der Waals surface area contributed by atoms with Gasteiger partial charge in [0.05, 0.1) is 10.4 Å². The Kier molecular flexibility index (Phi) is 4.84. The van der Waals surface area contributed by atoms with Gasteiger partial charge < -0.3 is 8.83 Å². The van der Waals surface area contributed by atoms with E-state index in [2.05, 4.69) is 15.8 Å². The fourth-order valence-electron chi connectivity index (χ4n) is 3.56. The first kappa shape index (κ1) is 20.4. The summed E-state index contributed by atoms with van der Waals surface area (Å²) in [6.45, 7) is 0. The average molecular weight is 457 g/mol. The molecule has 9 heteroatoms. The van der Waals surface area contributed by atoms with Gasteiger partial charge in [0.2, 0.25) is 5.88 Å². The lowest BCUT2D eigenvalue weighted by atomic mass is 9.98. The largest absolute Gasteiger partial charge is 0.438 e. The van der Waals surface area contributed by atoms with E-state index in [1.54, 1.807) is 0 Å². The molecule has 0 aliphatic rings. The lowest BCUT2D eigenvalue weighted by molar-refractivity contribution is 0.554. The minimum atomic E-state index is -4.17. The van der Waals surface area contributed by atoms with Gasteiger partial charge in [-0.2, -0.15) is 5.26 Å². The maximum Gasteiger partial charge on any atom is 0.417 e. The molecule has 8 nitrogen and oxygen atoms in total. The number of fused-ring (bicyclic) bond motifs is 1. The highest BCUT2D eigenvalue weighted by atomic mass is 32.2. The van der Waals surface area contributed by atoms with Gasteiger partial charge in [0.25, 0.3) is 10.0 Å². The molecule has 0 saturated heterocycles. The van der Waals surface area contributed by atoms with Crippen LogP contribution in [0.5, 0.6) is 0 Å². The summed E-state index contributed by atoms with van der Waals surface area (Å²) in [7, 11) is -4.17. The molecule has 0 amide bonds. The second-order valence-corrected chi connectivity index (χ2v) is 8.81. The number of hydrogen-bond acceptors (Lipinski definition) is 6. The van der Waals surface area contributed by atoms with Crippen molar-refractivity contribution in [3.8, 4) is 28.5 Å². The van der Waals surface area contributed by atoms with Gasteiger partial charge in [-0.05, 0) is 17.7 Å². The van der Waals surface area contributed by atoms with Gasteiger partial charge in [-0.25, -0.2) is 17.9 Å². The molecule has 5 rings (SSSR count). The van der Waals surface area contributed by atoms with Crippen LogP contribution in [-0.4, -0.2) is 13.4 Å². The molecule has 2 aromatic heterocycles. The van der Waals surface area contributed by atoms with Crippen molar-refractivity contribution >= 4 is 27.0 Å². The molecule has 0 bridgehead atoms. The van der Waals surface area contributed by atoms with Crippen LogP contribution in [-0.2, 0) is 10.0 Å². The second kappa shape index (κ2) is 7.85. The first-order chi connectivity index (χ1) is 16.0. The number of aromatic amines is 1. The van der Waals surface area contributed by atoms with E-state index in [9.17, 15) is 18.5 Å². The number of hydrogen-bond donors (Lipinski definition) is 2. The quantitative estimate of drug-likeness (QED) is 0.393. The fraction of sp³-hybridized carbons (Fsp3) is 0. The van der Waals surface area contributed by atoms with Gasteiger partial charge in [0, 0.05) is 17.2 Å². The lowest BCUT2D eigenvalue weighted by Crippen LogP contribution is -2.13. The molecule has 0 saturated carbocycles. The summed E-state index contributed by atoms with van der Waals surface area (Å²) in [6, 6.07) is 24.3. The summed E-state index contributed by atoms with van der Waals surface area (Å²) in [5, 5.41) is 9.93. The van der Waals surface area contributed by atoms with Crippen molar-refractivity contribution < 1.29 is 17.3 Å². The monoisotopic (exact) mass is 457 g/mol. The number of nitriles is 1. The van der Waals surface area contributed by atoms with Crippen molar-refractivity contribution in [3.63, 3.8) is 0 Å². The standard InChI is InChI=1S/C24H15N3O5S/c25-14-18-21(15-7-3-1-4-8-15)22(16-9-5-2-6-10-16)32-23(18)27-33(29,30)17-11-12-19-20(13-17)31-24(28)26-19/h1-13,27H,(H,26,28). The number of aromatic nitrogens is 1. The molecule has 0 spiro atoms. The Morgan fingerprint density at radius 3 is 2.21 bits per heavy atom. The number of benzene rings is 3. The van der Waals surface area contributed by atoms with Crippen LogP contribution in [0.4, 0.5) is 5.88 Å². The molecule has 0 radical (unpaired) electrons. The summed E-state index contributed by atoms with van der Waals surface area (Å²) >= 11 is 0. The topological polar surface area (TPSA) is 129 Å². The van der Waals surface area contributed by atoms with Crippen LogP contribution in [0.1, 0.15) is 5.56 Å². The lowest BCUT2D eigenvalue weighted by Gasteiger charge is -2.06. The van der Waals surface area contributed by atoms with Gasteiger partial charge >= 0.3 is 5.76 Å². The Morgan fingerprint density at radius 1 is 0.879 bits per heavy atom. The summed E-state index contributed by atoms with van der Waals surface area (Å²) in [5.41, 5.74) is 2.39. The smallest absolute Gasteiger partial charge is 0.417 e. The van der Waals surface area contributed by atoms with E-state index >= 15 is 0 Å². The van der Waals surface area contributed by atoms with E-state index in [0.717, 1.165) is 0 Å². The Morgan fingerprint density at radius 2 is 1.55 bits per heavy atom. The van der Waals surface area contributed by atoms with Gasteiger partial charge in [-0.1, -0.05) is 60.7 Å². The van der Waals surface area contributed by atoms with Crippen LogP contribution in [0.25, 0.3) is 33.6 Å². The molecule has 3 aromatic carbocycles. The number of H-pyrrole nitrogens is 1. The Labute approximate surface area is 187 Å². The first-order valence-corrected chi connectivity index (χ1v) is 11.3. The van der Waals surface area contributed by atoms with Crippen LogP contribution >= 0.6 is 0 Å². The van der Waals surface area contributed by atoms with Crippen molar-refractivity contribution in [2.24, 2.45) is 0 Å². The Balaban J connectivity index is 1.65. The number of rotatable bonds is 5. The highest BCUT2D eigenvalue weighted by Gasteiger charge is 2.27. The van der Waals surface area contributed by atoms with Crippen LogP contribution in [0.2, 0.25) is 0 Å². The summed E-state index contributed by atoms with van der Waals surface area (Å²) in [4.78, 5) is 13.7. The molecule has 33 heavy (non-hydrogen) atoms. The molecule has 0 unspecified atom stereocenters. The molecule has 5 aromatic rings. The molecular weight excluding hydrogens is 442 g/mol. The number of nitrogens with zero attached hydrogens (tertiary/aromatic N) is 1. The first-order valence-electron chi connectivity index (χ1n) is 9.80. The van der Waals surface area contributed by atoms with Crippen molar-refractivity contribution in [2.45, 2.75) is 4.90 Å². The SMILES string of the molecule is N#Cc1c(NS(=O)(=O)c2ccc3[nH]c(=O)oc3c2)oc(-c2ccccc2)c1-c1ccccc1. The number of nitrogens with one attached hydrogen (secondary N) is 2. The maximum atomic E-state index is 13.1. The highest BCUT2D eigenvalue weighted by molar-refractivity contribution is 7.92. The van der Waals surface area contributed by atoms with Gasteiger partial charge in [0.15, 0.2) is 5.58 Å². The normalized spacial score (nSPS) is 11.4. The third-order valence-corrected chi connectivity index (χ3v) is 6.38.